The van der Waals surface area contributed by atoms with Crippen molar-refractivity contribution in [2.45, 2.75) is 0 Å². The summed E-state index contributed by atoms with van der Waals surface area (Å²) in [4.78, 5) is 12.4. The third-order valence-corrected chi connectivity index (χ3v) is 2.60. The van der Waals surface area contributed by atoms with E-state index in [4.69, 9.17) is 5.73 Å². The lowest BCUT2D eigenvalue weighted by molar-refractivity contribution is 0.630. The molecule has 0 saturated heterocycles. The van der Waals surface area contributed by atoms with Gasteiger partial charge in [0.25, 0.3) is 0 Å². The molecule has 5 heteroatoms. The van der Waals surface area contributed by atoms with E-state index in [0.29, 0.717) is 22.6 Å². The number of rotatable bonds is 1. The molecule has 0 aliphatic carbocycles. The number of pyridine rings is 1. The van der Waals surface area contributed by atoms with E-state index in [-0.39, 0.29) is 5.82 Å². The molecular weight excluding hydrogens is 231 g/mol. The minimum absolute atomic E-state index is 0.292. The zero-order chi connectivity index (χ0) is 12.5. The molecule has 0 unspecified atom stereocenters. The molecule has 0 radical (unpaired) electrons. The molecule has 4 nitrogen and oxygen atoms in total. The second-order valence-electron chi connectivity index (χ2n) is 3.86. The summed E-state index contributed by atoms with van der Waals surface area (Å²) in [5.74, 6) is -0.0458. The molecule has 88 valence electrons. The zero-order valence-electron chi connectivity index (χ0n) is 9.34. The van der Waals surface area contributed by atoms with Crippen LogP contribution in [0.25, 0.3) is 22.2 Å². The van der Waals surface area contributed by atoms with Crippen LogP contribution in [0.1, 0.15) is 0 Å². The number of nitrogen functional groups attached to an aromatic ring is 1. The molecule has 0 atom stereocenters. The third-order valence-electron chi connectivity index (χ3n) is 2.60. The molecule has 0 spiro atoms. The highest BCUT2D eigenvalue weighted by molar-refractivity contribution is 5.92. The summed E-state index contributed by atoms with van der Waals surface area (Å²) in [6, 6.07) is 6.38. The van der Waals surface area contributed by atoms with Gasteiger partial charge in [-0.2, -0.15) is 0 Å². The summed E-state index contributed by atoms with van der Waals surface area (Å²) in [5, 5.41) is 0.719. The highest BCUT2D eigenvalue weighted by Gasteiger charge is 2.09. The summed E-state index contributed by atoms with van der Waals surface area (Å²) >= 11 is 0. The molecule has 0 aliphatic heterocycles. The first kappa shape index (κ1) is 10.6. The number of hydrogen-bond donors (Lipinski definition) is 1. The van der Waals surface area contributed by atoms with Crippen LogP contribution in [-0.4, -0.2) is 15.0 Å². The largest absolute Gasteiger partial charge is 0.382 e. The fourth-order valence-electron chi connectivity index (χ4n) is 1.86. The van der Waals surface area contributed by atoms with Crippen LogP contribution in [0.15, 0.2) is 42.9 Å². The van der Waals surface area contributed by atoms with Gasteiger partial charge in [-0.25, -0.2) is 9.37 Å². The van der Waals surface area contributed by atoms with Crippen LogP contribution in [0.5, 0.6) is 0 Å². The van der Waals surface area contributed by atoms with Crippen molar-refractivity contribution in [3.05, 3.63) is 48.7 Å². The van der Waals surface area contributed by atoms with Gasteiger partial charge >= 0.3 is 0 Å². The lowest BCUT2D eigenvalue weighted by Gasteiger charge is -2.05. The average Bonchev–Trinajstić information content (AvgIpc) is 2.37. The van der Waals surface area contributed by atoms with Gasteiger partial charge in [0.1, 0.15) is 11.6 Å². The van der Waals surface area contributed by atoms with Gasteiger partial charge in [-0.05, 0) is 18.2 Å². The van der Waals surface area contributed by atoms with Gasteiger partial charge < -0.3 is 5.73 Å². The Kier molecular flexibility index (Phi) is 2.37. The Morgan fingerprint density at radius 3 is 2.89 bits per heavy atom. The molecule has 2 N–H and O–H groups in total. The maximum Gasteiger partial charge on any atom is 0.142 e. The zero-order valence-corrected chi connectivity index (χ0v) is 9.34. The van der Waals surface area contributed by atoms with Crippen molar-refractivity contribution in [2.24, 2.45) is 0 Å². The number of nitrogens with zero attached hydrogens (tertiary/aromatic N) is 3. The van der Waals surface area contributed by atoms with Crippen molar-refractivity contribution in [2.75, 3.05) is 5.73 Å². The Morgan fingerprint density at radius 2 is 2.06 bits per heavy atom. The number of aromatic nitrogens is 3. The molecule has 2 aromatic heterocycles. The first-order valence-electron chi connectivity index (χ1n) is 5.36. The van der Waals surface area contributed by atoms with Crippen LogP contribution >= 0.6 is 0 Å². The number of anilines is 1. The topological polar surface area (TPSA) is 64.7 Å². The van der Waals surface area contributed by atoms with Gasteiger partial charge in [0, 0.05) is 17.1 Å². The van der Waals surface area contributed by atoms with E-state index in [1.165, 1.54) is 18.3 Å². The average molecular weight is 240 g/mol. The van der Waals surface area contributed by atoms with E-state index in [0.717, 1.165) is 5.39 Å². The maximum atomic E-state index is 13.6. The minimum atomic E-state index is -0.338. The summed E-state index contributed by atoms with van der Waals surface area (Å²) in [7, 11) is 0. The second kappa shape index (κ2) is 4.03. The summed E-state index contributed by atoms with van der Waals surface area (Å²) in [6.45, 7) is 0. The summed E-state index contributed by atoms with van der Waals surface area (Å²) in [5.41, 5.74) is 7.37. The van der Waals surface area contributed by atoms with E-state index in [1.807, 2.05) is 0 Å². The Labute approximate surface area is 102 Å². The normalized spacial score (nSPS) is 10.7. The van der Waals surface area contributed by atoms with Crippen LogP contribution in [0.4, 0.5) is 10.2 Å². The summed E-state index contributed by atoms with van der Waals surface area (Å²) in [6.07, 6.45) is 4.64. The Hall–Kier alpha value is -2.56. The van der Waals surface area contributed by atoms with Crippen LogP contribution in [0.3, 0.4) is 0 Å². The van der Waals surface area contributed by atoms with Crippen molar-refractivity contribution >= 4 is 16.7 Å². The van der Waals surface area contributed by atoms with E-state index in [2.05, 4.69) is 15.0 Å². The number of halogens is 1. The molecular formula is C13H9FN4. The van der Waals surface area contributed by atoms with Crippen LogP contribution < -0.4 is 5.73 Å². The standard InChI is InChI=1S/C13H9FN4/c14-9-4-8-2-1-3-17-13(8)10(5-9)11-6-16-7-12(15)18-11/h1-7H,(H2,15,18). The molecule has 18 heavy (non-hydrogen) atoms. The quantitative estimate of drug-likeness (QED) is 0.709. The Bertz CT molecular complexity index is 727. The third kappa shape index (κ3) is 1.75. The van der Waals surface area contributed by atoms with Crippen molar-refractivity contribution in [3.8, 4) is 11.3 Å². The SMILES string of the molecule is Nc1cncc(-c2cc(F)cc3cccnc23)n1. The Balaban J connectivity index is 2.34. The van der Waals surface area contributed by atoms with Gasteiger partial charge in [0.15, 0.2) is 0 Å². The molecule has 3 rings (SSSR count). The minimum Gasteiger partial charge on any atom is -0.382 e. The smallest absolute Gasteiger partial charge is 0.142 e. The van der Waals surface area contributed by atoms with Crippen LogP contribution in [0.2, 0.25) is 0 Å². The molecule has 0 amide bonds. The first-order valence-corrected chi connectivity index (χ1v) is 5.36. The van der Waals surface area contributed by atoms with Gasteiger partial charge in [0.2, 0.25) is 0 Å². The van der Waals surface area contributed by atoms with E-state index < -0.39 is 0 Å². The molecule has 0 fully saturated rings. The molecule has 0 bridgehead atoms. The van der Waals surface area contributed by atoms with Gasteiger partial charge in [-0.15, -0.1) is 0 Å². The lowest BCUT2D eigenvalue weighted by Crippen LogP contribution is -1.95. The molecule has 0 aliphatic rings. The van der Waals surface area contributed by atoms with Crippen molar-refractivity contribution in [3.63, 3.8) is 0 Å². The van der Waals surface area contributed by atoms with Gasteiger partial charge in [0.05, 0.1) is 23.6 Å². The highest BCUT2D eigenvalue weighted by Crippen LogP contribution is 2.26. The van der Waals surface area contributed by atoms with Crippen molar-refractivity contribution in [1.29, 1.82) is 0 Å². The number of fused-ring (bicyclic) bond motifs is 1. The van der Waals surface area contributed by atoms with Crippen LogP contribution in [-0.2, 0) is 0 Å². The highest BCUT2D eigenvalue weighted by atomic mass is 19.1. The van der Waals surface area contributed by atoms with E-state index >= 15 is 0 Å². The number of nitrogens with two attached hydrogens (primary N) is 1. The van der Waals surface area contributed by atoms with Crippen LogP contribution in [0, 0.1) is 5.82 Å². The van der Waals surface area contributed by atoms with E-state index in [1.54, 1.807) is 24.5 Å². The fourth-order valence-corrected chi connectivity index (χ4v) is 1.86. The van der Waals surface area contributed by atoms with Gasteiger partial charge in [-0.1, -0.05) is 6.07 Å². The van der Waals surface area contributed by atoms with Crippen molar-refractivity contribution < 1.29 is 4.39 Å². The maximum absolute atomic E-state index is 13.6. The van der Waals surface area contributed by atoms with Crippen molar-refractivity contribution in [1.82, 2.24) is 15.0 Å². The molecule has 0 saturated carbocycles. The number of hydrogen-bond acceptors (Lipinski definition) is 4. The predicted molar refractivity (Wildman–Crippen MR) is 67.1 cm³/mol. The van der Waals surface area contributed by atoms with E-state index in [9.17, 15) is 4.39 Å². The number of benzene rings is 1. The molecule has 1 aromatic carbocycles. The Morgan fingerprint density at radius 1 is 1.17 bits per heavy atom. The first-order chi connectivity index (χ1) is 8.74. The monoisotopic (exact) mass is 240 g/mol. The lowest BCUT2D eigenvalue weighted by atomic mass is 10.1. The predicted octanol–water partition coefficient (Wildman–Crippen LogP) is 2.41. The molecule has 2 heterocycles. The fraction of sp³-hybridized carbons (Fsp3) is 0. The summed E-state index contributed by atoms with van der Waals surface area (Å²) < 4.78 is 13.6. The second-order valence-corrected chi connectivity index (χ2v) is 3.86. The van der Waals surface area contributed by atoms with Gasteiger partial charge in [-0.3, -0.25) is 9.97 Å². The molecule has 3 aromatic rings.